The molecule has 1 heterocycles. The van der Waals surface area contributed by atoms with Crippen molar-refractivity contribution in [2.24, 2.45) is 11.8 Å². The molecule has 0 radical (unpaired) electrons. The molecule has 6 nitrogen and oxygen atoms in total. The smallest absolute Gasteiger partial charge is 0.197 e. The first-order valence-corrected chi connectivity index (χ1v) is 10.1. The third kappa shape index (κ3) is 6.22. The number of rotatable bonds is 10. The molecule has 1 rings (SSSR count). The highest BCUT2D eigenvalue weighted by Gasteiger charge is 2.54. The summed E-state index contributed by atoms with van der Waals surface area (Å²) in [6.07, 6.45) is 3.76. The van der Waals surface area contributed by atoms with Crippen molar-refractivity contribution in [3.63, 3.8) is 0 Å². The predicted molar refractivity (Wildman–Crippen MR) is 109 cm³/mol. The second-order valence-corrected chi connectivity index (χ2v) is 7.92. The third-order valence-electron chi connectivity index (χ3n) is 5.17. The molecule has 6 unspecified atom stereocenters. The molecule has 6 heteroatoms. The van der Waals surface area contributed by atoms with Crippen molar-refractivity contribution < 1.29 is 28.8 Å². The lowest BCUT2D eigenvalue weighted by Crippen LogP contribution is -2.65. The van der Waals surface area contributed by atoms with Gasteiger partial charge in [-0.25, -0.2) is 0 Å². The zero-order chi connectivity index (χ0) is 21.5. The first kappa shape index (κ1) is 25.0. The molecule has 6 atom stereocenters. The van der Waals surface area contributed by atoms with Crippen molar-refractivity contribution in [1.29, 1.82) is 0 Å². The number of carbonyl (C=O) groups is 1. The summed E-state index contributed by atoms with van der Waals surface area (Å²) in [6, 6.07) is 0. The number of aliphatic hydroxyl groups is 1. The molecule has 1 saturated heterocycles. The largest absolute Gasteiger partial charge is 0.388 e. The van der Waals surface area contributed by atoms with Gasteiger partial charge in [0.15, 0.2) is 11.6 Å². The summed E-state index contributed by atoms with van der Waals surface area (Å²) in [7, 11) is 3.12. The highest BCUT2D eigenvalue weighted by atomic mass is 16.7. The number of allylic oxidation sites excluding steroid dienone is 3. The minimum atomic E-state index is -0.993. The zero-order valence-electron chi connectivity index (χ0n) is 18.6. The van der Waals surface area contributed by atoms with Gasteiger partial charge >= 0.3 is 0 Å². The van der Waals surface area contributed by atoms with Crippen LogP contribution in [-0.2, 0) is 23.7 Å². The summed E-state index contributed by atoms with van der Waals surface area (Å²) in [5.74, 6) is -0.785. The third-order valence-corrected chi connectivity index (χ3v) is 5.17. The van der Waals surface area contributed by atoms with E-state index in [-0.39, 0.29) is 17.6 Å². The van der Waals surface area contributed by atoms with E-state index in [0.29, 0.717) is 13.0 Å². The fourth-order valence-electron chi connectivity index (χ4n) is 3.46. The van der Waals surface area contributed by atoms with Gasteiger partial charge in [0, 0.05) is 26.6 Å². The molecule has 28 heavy (non-hydrogen) atoms. The van der Waals surface area contributed by atoms with Gasteiger partial charge in [0.2, 0.25) is 0 Å². The van der Waals surface area contributed by atoms with Gasteiger partial charge in [-0.05, 0) is 25.8 Å². The maximum absolute atomic E-state index is 11.7. The van der Waals surface area contributed by atoms with Crippen LogP contribution in [0, 0.1) is 11.8 Å². The second kappa shape index (κ2) is 11.2. The Hall–Kier alpha value is -1.05. The van der Waals surface area contributed by atoms with Crippen molar-refractivity contribution >= 4 is 5.78 Å². The molecule has 1 aliphatic rings. The normalized spacial score (nSPS) is 32.9. The van der Waals surface area contributed by atoms with Crippen LogP contribution < -0.4 is 0 Å². The molecule has 0 amide bonds. The number of hydrogen-bond acceptors (Lipinski definition) is 6. The Kier molecular flexibility index (Phi) is 10.0. The molecule has 1 fully saturated rings. The summed E-state index contributed by atoms with van der Waals surface area (Å²) in [6.45, 7) is 12.0. The molecule has 0 aromatic rings. The molecule has 1 N–H and O–H groups in total. The lowest BCUT2D eigenvalue weighted by molar-refractivity contribution is -0.366. The van der Waals surface area contributed by atoms with Crippen LogP contribution >= 0.6 is 0 Å². The van der Waals surface area contributed by atoms with E-state index >= 15 is 0 Å². The summed E-state index contributed by atoms with van der Waals surface area (Å²) in [5.41, 5.74) is 1.00. The van der Waals surface area contributed by atoms with Crippen molar-refractivity contribution in [2.75, 3.05) is 20.8 Å². The molecule has 1 aliphatic heterocycles. The van der Waals surface area contributed by atoms with Crippen LogP contribution in [0.5, 0.6) is 0 Å². The Morgan fingerprint density at radius 2 is 1.86 bits per heavy atom. The maximum Gasteiger partial charge on any atom is 0.197 e. The lowest BCUT2D eigenvalue weighted by Gasteiger charge is -2.50. The molecule has 0 saturated carbocycles. The molecule has 0 aliphatic carbocycles. The van der Waals surface area contributed by atoms with Crippen molar-refractivity contribution in [2.45, 2.75) is 78.2 Å². The van der Waals surface area contributed by atoms with Gasteiger partial charge in [0.05, 0.1) is 12.7 Å². The van der Waals surface area contributed by atoms with E-state index in [9.17, 15) is 9.90 Å². The first-order chi connectivity index (χ1) is 13.1. The number of aliphatic hydroxyl groups excluding tert-OH is 1. The number of methoxy groups -OCH3 is 2. The number of ether oxygens (including phenoxy) is 4. The van der Waals surface area contributed by atoms with E-state index in [1.807, 2.05) is 40.7 Å². The van der Waals surface area contributed by atoms with E-state index in [1.165, 1.54) is 0 Å². The van der Waals surface area contributed by atoms with Crippen molar-refractivity contribution in [3.05, 3.63) is 23.8 Å². The Labute approximate surface area is 169 Å². The quantitative estimate of drug-likeness (QED) is 0.450. The van der Waals surface area contributed by atoms with Gasteiger partial charge in [-0.3, -0.25) is 4.79 Å². The molecular weight excluding hydrogens is 360 g/mol. The number of hydrogen-bond donors (Lipinski definition) is 1. The minimum absolute atomic E-state index is 0.00489. The van der Waals surface area contributed by atoms with Crippen LogP contribution in [0.25, 0.3) is 0 Å². The van der Waals surface area contributed by atoms with Crippen LogP contribution in [0.3, 0.4) is 0 Å². The lowest BCUT2D eigenvalue weighted by atomic mass is 9.90. The molecular formula is C22H38O6. The summed E-state index contributed by atoms with van der Waals surface area (Å²) in [5, 5.41) is 10.4. The van der Waals surface area contributed by atoms with Crippen LogP contribution in [0.2, 0.25) is 0 Å². The SMILES string of the molecule is CCC1(OCC(C)C=C(C)C=CC(=O)C(C)C)OC(C)C(O)C(OC)C1OC. The van der Waals surface area contributed by atoms with Crippen LogP contribution in [-0.4, -0.2) is 61.9 Å². The second-order valence-electron chi connectivity index (χ2n) is 7.92. The zero-order valence-corrected chi connectivity index (χ0v) is 18.6. The Morgan fingerprint density at radius 3 is 2.36 bits per heavy atom. The monoisotopic (exact) mass is 398 g/mol. The van der Waals surface area contributed by atoms with Gasteiger partial charge in [0.25, 0.3) is 0 Å². The molecule has 0 aromatic heterocycles. The van der Waals surface area contributed by atoms with E-state index in [4.69, 9.17) is 18.9 Å². The van der Waals surface area contributed by atoms with E-state index in [2.05, 4.69) is 6.08 Å². The maximum atomic E-state index is 11.7. The molecule has 0 spiro atoms. The first-order valence-electron chi connectivity index (χ1n) is 10.1. The Balaban J connectivity index is 2.85. The molecule has 162 valence electrons. The fourth-order valence-corrected chi connectivity index (χ4v) is 3.46. The summed E-state index contributed by atoms with van der Waals surface area (Å²) < 4.78 is 23.4. The van der Waals surface area contributed by atoms with Crippen LogP contribution in [0.15, 0.2) is 23.8 Å². The number of carbonyl (C=O) groups excluding carboxylic acids is 1. The van der Waals surface area contributed by atoms with E-state index < -0.39 is 30.2 Å². The highest BCUT2D eigenvalue weighted by Crippen LogP contribution is 2.37. The van der Waals surface area contributed by atoms with Gasteiger partial charge in [-0.1, -0.05) is 45.4 Å². The van der Waals surface area contributed by atoms with Crippen LogP contribution in [0.1, 0.15) is 48.0 Å². The van der Waals surface area contributed by atoms with Gasteiger partial charge in [0.1, 0.15) is 18.3 Å². The average molecular weight is 399 g/mol. The molecule has 0 bridgehead atoms. The van der Waals surface area contributed by atoms with Gasteiger partial charge < -0.3 is 24.1 Å². The molecule has 0 aromatic carbocycles. The van der Waals surface area contributed by atoms with E-state index in [0.717, 1.165) is 5.57 Å². The standard InChI is InChI=1S/C22H38O6/c1-9-22(21(26-8)20(25-7)19(24)17(6)28-22)27-13-16(5)12-15(4)10-11-18(23)14(2)3/h10-12,14,16-17,19-21,24H,9,13H2,1-8H3. The minimum Gasteiger partial charge on any atom is -0.388 e. The summed E-state index contributed by atoms with van der Waals surface area (Å²) in [4.78, 5) is 11.7. The van der Waals surface area contributed by atoms with Crippen LogP contribution in [0.4, 0.5) is 0 Å². The summed E-state index contributed by atoms with van der Waals surface area (Å²) >= 11 is 0. The number of ketones is 1. The topological polar surface area (TPSA) is 74.2 Å². The predicted octanol–water partition coefficient (Wildman–Crippen LogP) is 3.28. The van der Waals surface area contributed by atoms with Crippen molar-refractivity contribution in [3.8, 4) is 0 Å². The van der Waals surface area contributed by atoms with Crippen molar-refractivity contribution in [1.82, 2.24) is 0 Å². The Bertz CT molecular complexity index is 555. The fraction of sp³-hybridized carbons (Fsp3) is 0.773. The van der Waals surface area contributed by atoms with Gasteiger partial charge in [-0.2, -0.15) is 0 Å². The highest BCUT2D eigenvalue weighted by molar-refractivity contribution is 5.91. The average Bonchev–Trinajstić information content (AvgIpc) is 2.66. The van der Waals surface area contributed by atoms with E-state index in [1.54, 1.807) is 27.2 Å². The van der Waals surface area contributed by atoms with Gasteiger partial charge in [-0.15, -0.1) is 0 Å². The Morgan fingerprint density at radius 1 is 1.21 bits per heavy atom.